The number of hydrogen-bond donors (Lipinski definition) is 2. The molecule has 0 saturated carbocycles. The molecule has 0 aliphatic rings. The van der Waals surface area contributed by atoms with E-state index in [2.05, 4.69) is 10.3 Å². The molecule has 0 bridgehead atoms. The summed E-state index contributed by atoms with van der Waals surface area (Å²) in [6.07, 6.45) is 1.41. The number of nitrogens with one attached hydrogen (secondary N) is 1. The Bertz CT molecular complexity index is 609. The van der Waals surface area contributed by atoms with Crippen molar-refractivity contribution in [3.8, 4) is 10.8 Å². The van der Waals surface area contributed by atoms with Gasteiger partial charge in [0, 0.05) is 13.6 Å². The zero-order valence-electron chi connectivity index (χ0n) is 11.4. The molecule has 21 heavy (non-hydrogen) atoms. The lowest BCUT2D eigenvalue weighted by atomic mass is 10.4. The van der Waals surface area contributed by atoms with Crippen molar-refractivity contribution in [1.82, 2.24) is 15.2 Å². The Hall–Kier alpha value is -2.35. The number of nitrogens with zero attached hydrogens (tertiary/aromatic N) is 2. The summed E-state index contributed by atoms with van der Waals surface area (Å²) < 4.78 is 5.34. The van der Waals surface area contributed by atoms with Crippen molar-refractivity contribution >= 4 is 23.3 Å². The van der Waals surface area contributed by atoms with E-state index in [4.69, 9.17) is 9.52 Å². The normalized spacial score (nSPS) is 10.3. The van der Waals surface area contributed by atoms with Crippen molar-refractivity contribution in [2.45, 2.75) is 13.0 Å². The van der Waals surface area contributed by atoms with Crippen LogP contribution in [0, 0.1) is 0 Å². The van der Waals surface area contributed by atoms with Gasteiger partial charge in [-0.05, 0) is 11.4 Å². The van der Waals surface area contributed by atoms with Crippen LogP contribution in [0.2, 0.25) is 0 Å². The van der Waals surface area contributed by atoms with Crippen molar-refractivity contribution in [2.75, 3.05) is 13.6 Å². The standard InChI is InChI=1S/C13H15N3O4S/c1-16(5-4-11(17)18)13(19)14-7-9-8-20-12(15-9)10-3-2-6-21-10/h2-3,6,8H,4-5,7H2,1H3,(H,14,19)(H,17,18). The molecule has 8 heteroatoms. The molecule has 2 heterocycles. The van der Waals surface area contributed by atoms with E-state index < -0.39 is 5.97 Å². The van der Waals surface area contributed by atoms with Crippen LogP contribution >= 0.6 is 11.3 Å². The number of carbonyl (C=O) groups is 2. The summed E-state index contributed by atoms with van der Waals surface area (Å²) >= 11 is 1.52. The van der Waals surface area contributed by atoms with Gasteiger partial charge in [-0.3, -0.25) is 4.79 Å². The predicted molar refractivity (Wildman–Crippen MR) is 76.9 cm³/mol. The van der Waals surface area contributed by atoms with Gasteiger partial charge in [0.15, 0.2) is 0 Å². The number of rotatable bonds is 6. The van der Waals surface area contributed by atoms with Gasteiger partial charge in [0.1, 0.15) is 6.26 Å². The van der Waals surface area contributed by atoms with Crippen molar-refractivity contribution < 1.29 is 19.1 Å². The number of hydrogen-bond acceptors (Lipinski definition) is 5. The van der Waals surface area contributed by atoms with Crippen molar-refractivity contribution in [1.29, 1.82) is 0 Å². The maximum atomic E-state index is 11.7. The molecule has 2 amide bonds. The largest absolute Gasteiger partial charge is 0.481 e. The maximum Gasteiger partial charge on any atom is 0.317 e. The van der Waals surface area contributed by atoms with Gasteiger partial charge in [-0.2, -0.15) is 0 Å². The summed E-state index contributed by atoms with van der Waals surface area (Å²) in [6, 6.07) is 3.46. The van der Waals surface area contributed by atoms with Gasteiger partial charge in [0.05, 0.1) is 23.5 Å². The molecular weight excluding hydrogens is 294 g/mol. The lowest BCUT2D eigenvalue weighted by Gasteiger charge is -2.16. The minimum absolute atomic E-state index is 0.0869. The first-order chi connectivity index (χ1) is 10.1. The SMILES string of the molecule is CN(CCC(=O)O)C(=O)NCc1coc(-c2cccs2)n1. The zero-order chi connectivity index (χ0) is 15.2. The molecule has 112 valence electrons. The highest BCUT2D eigenvalue weighted by molar-refractivity contribution is 7.13. The molecule has 0 saturated heterocycles. The molecule has 0 unspecified atom stereocenters. The highest BCUT2D eigenvalue weighted by Gasteiger charge is 2.12. The number of oxazole rings is 1. The van der Waals surface area contributed by atoms with Crippen LogP contribution in [0.5, 0.6) is 0 Å². The number of aliphatic carboxylic acids is 1. The third-order valence-electron chi connectivity index (χ3n) is 2.71. The first-order valence-electron chi connectivity index (χ1n) is 6.25. The minimum Gasteiger partial charge on any atom is -0.481 e. The van der Waals surface area contributed by atoms with Crippen LogP contribution in [0.1, 0.15) is 12.1 Å². The van der Waals surface area contributed by atoms with Crippen LogP contribution in [-0.2, 0) is 11.3 Å². The molecule has 2 N–H and O–H groups in total. The van der Waals surface area contributed by atoms with Gasteiger partial charge in [0.2, 0.25) is 5.89 Å². The zero-order valence-corrected chi connectivity index (χ0v) is 12.2. The van der Waals surface area contributed by atoms with Crippen LogP contribution < -0.4 is 5.32 Å². The van der Waals surface area contributed by atoms with Gasteiger partial charge in [-0.25, -0.2) is 9.78 Å². The Kier molecular flexibility index (Phi) is 4.94. The van der Waals surface area contributed by atoms with Crippen LogP contribution in [-0.4, -0.2) is 40.6 Å². The average Bonchev–Trinajstić information content (AvgIpc) is 3.12. The van der Waals surface area contributed by atoms with Crippen LogP contribution in [0.15, 0.2) is 28.2 Å². The molecule has 0 fully saturated rings. The van der Waals surface area contributed by atoms with Crippen molar-refractivity contribution in [2.24, 2.45) is 0 Å². The molecule has 0 atom stereocenters. The first kappa shape index (κ1) is 15.0. The summed E-state index contributed by atoms with van der Waals surface area (Å²) in [5.74, 6) is -0.416. The number of carbonyl (C=O) groups excluding carboxylic acids is 1. The van der Waals surface area contributed by atoms with Gasteiger partial charge < -0.3 is 19.7 Å². The molecule has 0 aliphatic heterocycles. The number of amides is 2. The molecule has 2 aromatic heterocycles. The Labute approximate surface area is 125 Å². The molecule has 0 aliphatic carbocycles. The summed E-state index contributed by atoms with van der Waals surface area (Å²) in [5, 5.41) is 13.2. The van der Waals surface area contributed by atoms with Gasteiger partial charge in [-0.15, -0.1) is 11.3 Å². The predicted octanol–water partition coefficient (Wildman–Crippen LogP) is 2.02. The van der Waals surface area contributed by atoms with E-state index in [-0.39, 0.29) is 25.5 Å². The number of carboxylic acid groups (broad SMARTS) is 1. The van der Waals surface area contributed by atoms with Gasteiger partial charge in [-0.1, -0.05) is 6.07 Å². The quantitative estimate of drug-likeness (QED) is 0.851. The number of thiophene rings is 1. The Morgan fingerprint density at radius 2 is 2.33 bits per heavy atom. The van der Waals surface area contributed by atoms with Crippen molar-refractivity contribution in [3.63, 3.8) is 0 Å². The Balaban J connectivity index is 1.83. The second kappa shape index (κ2) is 6.89. The van der Waals surface area contributed by atoms with E-state index in [1.807, 2.05) is 17.5 Å². The van der Waals surface area contributed by atoms with E-state index in [9.17, 15) is 9.59 Å². The van der Waals surface area contributed by atoms with E-state index >= 15 is 0 Å². The molecule has 2 aromatic rings. The lowest BCUT2D eigenvalue weighted by Crippen LogP contribution is -2.38. The summed E-state index contributed by atoms with van der Waals surface area (Å²) in [4.78, 5) is 28.7. The van der Waals surface area contributed by atoms with Crippen LogP contribution in [0.25, 0.3) is 10.8 Å². The number of carboxylic acids is 1. The third kappa shape index (κ3) is 4.32. The molecule has 0 aromatic carbocycles. The molecule has 2 rings (SSSR count). The summed E-state index contributed by atoms with van der Waals surface area (Å²) in [7, 11) is 1.54. The fourth-order valence-corrected chi connectivity index (χ4v) is 2.22. The highest BCUT2D eigenvalue weighted by atomic mass is 32.1. The van der Waals surface area contributed by atoms with E-state index in [1.54, 1.807) is 0 Å². The van der Waals surface area contributed by atoms with Crippen LogP contribution in [0.3, 0.4) is 0 Å². The highest BCUT2D eigenvalue weighted by Crippen LogP contribution is 2.23. The van der Waals surface area contributed by atoms with E-state index in [1.165, 1.54) is 29.5 Å². The maximum absolute atomic E-state index is 11.7. The molecule has 7 nitrogen and oxygen atoms in total. The Morgan fingerprint density at radius 1 is 1.52 bits per heavy atom. The number of aromatic nitrogens is 1. The van der Waals surface area contributed by atoms with Gasteiger partial charge >= 0.3 is 12.0 Å². The smallest absolute Gasteiger partial charge is 0.317 e. The third-order valence-corrected chi connectivity index (χ3v) is 3.57. The fourth-order valence-electron chi connectivity index (χ4n) is 1.57. The Morgan fingerprint density at radius 3 is 3.00 bits per heavy atom. The van der Waals surface area contributed by atoms with Gasteiger partial charge in [0.25, 0.3) is 0 Å². The first-order valence-corrected chi connectivity index (χ1v) is 7.13. The topological polar surface area (TPSA) is 95.7 Å². The number of urea groups is 1. The summed E-state index contributed by atoms with van der Waals surface area (Å²) in [6.45, 7) is 0.381. The molecular formula is C13H15N3O4S. The summed E-state index contributed by atoms with van der Waals surface area (Å²) in [5.41, 5.74) is 0.610. The second-order valence-electron chi connectivity index (χ2n) is 4.35. The fraction of sp³-hybridized carbons (Fsp3) is 0.308. The lowest BCUT2D eigenvalue weighted by molar-refractivity contribution is -0.137. The van der Waals surface area contributed by atoms with Crippen molar-refractivity contribution in [3.05, 3.63) is 29.5 Å². The second-order valence-corrected chi connectivity index (χ2v) is 5.29. The van der Waals surface area contributed by atoms with Crippen LogP contribution in [0.4, 0.5) is 4.79 Å². The van der Waals surface area contributed by atoms with E-state index in [0.29, 0.717) is 11.6 Å². The average molecular weight is 309 g/mol. The minimum atomic E-state index is -0.938. The molecule has 0 radical (unpaired) electrons. The van der Waals surface area contributed by atoms with E-state index in [0.717, 1.165) is 4.88 Å². The molecule has 0 spiro atoms. The monoisotopic (exact) mass is 309 g/mol.